The highest BCUT2D eigenvalue weighted by atomic mass is 32.2. The Labute approximate surface area is 220 Å². The lowest BCUT2D eigenvalue weighted by Crippen LogP contribution is -2.49. The molecule has 1 atom stereocenters. The van der Waals surface area contributed by atoms with Gasteiger partial charge in [-0.05, 0) is 81.0 Å². The minimum atomic E-state index is -3.55. The Hall–Kier alpha value is -2.94. The van der Waals surface area contributed by atoms with Crippen LogP contribution in [0.2, 0.25) is 0 Å². The number of carbonyl (C=O) groups excluding carboxylic acids is 2. The molecule has 1 saturated carbocycles. The van der Waals surface area contributed by atoms with Crippen LogP contribution >= 0.6 is 0 Å². The third-order valence-electron chi connectivity index (χ3n) is 7.07. The minimum absolute atomic E-state index is 0.0686. The Morgan fingerprint density at radius 3 is 2.30 bits per heavy atom. The first-order valence-electron chi connectivity index (χ1n) is 12.8. The lowest BCUT2D eigenvalue weighted by molar-refractivity contribution is -0.141. The number of rotatable bonds is 11. The molecule has 0 heterocycles. The maximum atomic E-state index is 13.4. The smallest absolute Gasteiger partial charge is 0.242 e. The zero-order valence-electron chi connectivity index (χ0n) is 22.2. The monoisotopic (exact) mass is 531 g/mol. The van der Waals surface area contributed by atoms with Crippen LogP contribution in [0.25, 0.3) is 0 Å². The van der Waals surface area contributed by atoms with E-state index in [4.69, 9.17) is 0 Å². The van der Waals surface area contributed by atoms with E-state index < -0.39 is 16.1 Å². The van der Waals surface area contributed by atoms with Crippen LogP contribution in [-0.4, -0.2) is 50.0 Å². The second kappa shape index (κ2) is 12.5. The number of halogens is 1. The maximum absolute atomic E-state index is 13.4. The van der Waals surface area contributed by atoms with E-state index in [1.54, 1.807) is 25.1 Å². The van der Waals surface area contributed by atoms with E-state index in [0.717, 1.165) is 43.1 Å². The molecule has 1 N–H and O–H groups in total. The molecule has 202 valence electrons. The summed E-state index contributed by atoms with van der Waals surface area (Å²) in [6, 6.07) is 10.7. The van der Waals surface area contributed by atoms with Crippen molar-refractivity contribution >= 4 is 27.5 Å². The van der Waals surface area contributed by atoms with Gasteiger partial charge in [0, 0.05) is 25.6 Å². The molecule has 0 bridgehead atoms. The third-order valence-corrected chi connectivity index (χ3v) is 8.26. The number of nitrogens with one attached hydrogen (secondary N) is 1. The third kappa shape index (κ3) is 8.02. The summed E-state index contributed by atoms with van der Waals surface area (Å²) in [6.07, 6.45) is 5.53. The molecule has 1 aliphatic rings. The van der Waals surface area contributed by atoms with Crippen molar-refractivity contribution in [3.63, 3.8) is 0 Å². The standard InChI is InChI=1S/C28H38FN3O4S/c1-20-11-16-26(18-21(20)2)32(37(4,35)36)17-7-10-27(33)31(19-23-12-14-24(29)15-13-23)22(3)28(34)30-25-8-5-6-9-25/h11-16,18,22,25H,5-10,17,19H2,1-4H3,(H,30,34)/t22-/m1/s1. The highest BCUT2D eigenvalue weighted by molar-refractivity contribution is 7.92. The molecule has 9 heteroatoms. The van der Waals surface area contributed by atoms with Crippen molar-refractivity contribution in [1.82, 2.24) is 10.2 Å². The van der Waals surface area contributed by atoms with Gasteiger partial charge in [0.1, 0.15) is 11.9 Å². The predicted octanol–water partition coefficient (Wildman–Crippen LogP) is 4.46. The van der Waals surface area contributed by atoms with E-state index in [2.05, 4.69) is 5.32 Å². The zero-order chi connectivity index (χ0) is 27.2. The van der Waals surface area contributed by atoms with Crippen molar-refractivity contribution in [2.75, 3.05) is 17.1 Å². The van der Waals surface area contributed by atoms with Crippen LogP contribution in [0, 0.1) is 19.7 Å². The zero-order valence-corrected chi connectivity index (χ0v) is 23.0. The molecule has 0 radical (unpaired) electrons. The summed E-state index contributed by atoms with van der Waals surface area (Å²) in [5.41, 5.74) is 3.32. The molecule has 7 nitrogen and oxygen atoms in total. The lowest BCUT2D eigenvalue weighted by atomic mass is 10.1. The summed E-state index contributed by atoms with van der Waals surface area (Å²) >= 11 is 0. The number of amides is 2. The Morgan fingerprint density at radius 2 is 1.70 bits per heavy atom. The van der Waals surface area contributed by atoms with Gasteiger partial charge in [-0.25, -0.2) is 12.8 Å². The molecule has 3 rings (SSSR count). The first-order valence-corrected chi connectivity index (χ1v) is 14.7. The van der Waals surface area contributed by atoms with Gasteiger partial charge in [-0.3, -0.25) is 13.9 Å². The van der Waals surface area contributed by atoms with Gasteiger partial charge in [-0.1, -0.05) is 31.0 Å². The number of aryl methyl sites for hydroxylation is 2. The van der Waals surface area contributed by atoms with E-state index in [9.17, 15) is 22.4 Å². The molecule has 1 fully saturated rings. The Kier molecular flexibility index (Phi) is 9.70. The Bertz CT molecular complexity index is 1190. The second-order valence-electron chi connectivity index (χ2n) is 10.0. The van der Waals surface area contributed by atoms with Gasteiger partial charge in [0.2, 0.25) is 21.8 Å². The number of hydrogen-bond acceptors (Lipinski definition) is 4. The van der Waals surface area contributed by atoms with Gasteiger partial charge < -0.3 is 10.2 Å². The van der Waals surface area contributed by atoms with Gasteiger partial charge in [0.15, 0.2) is 0 Å². The van der Waals surface area contributed by atoms with Crippen LogP contribution in [0.5, 0.6) is 0 Å². The van der Waals surface area contributed by atoms with Crippen LogP contribution in [-0.2, 0) is 26.2 Å². The molecule has 0 saturated heterocycles. The fourth-order valence-corrected chi connectivity index (χ4v) is 5.60. The molecule has 0 aliphatic heterocycles. The number of sulfonamides is 1. The number of carbonyl (C=O) groups is 2. The highest BCUT2D eigenvalue weighted by Crippen LogP contribution is 2.23. The normalized spacial score (nSPS) is 14.8. The van der Waals surface area contributed by atoms with Gasteiger partial charge in [0.05, 0.1) is 11.9 Å². The van der Waals surface area contributed by atoms with Crippen molar-refractivity contribution in [1.29, 1.82) is 0 Å². The number of anilines is 1. The fraction of sp³-hybridized carbons (Fsp3) is 0.500. The lowest BCUT2D eigenvalue weighted by Gasteiger charge is -2.30. The van der Waals surface area contributed by atoms with E-state index in [-0.39, 0.29) is 49.6 Å². The largest absolute Gasteiger partial charge is 0.352 e. The van der Waals surface area contributed by atoms with Crippen molar-refractivity contribution in [2.45, 2.75) is 77.9 Å². The van der Waals surface area contributed by atoms with Gasteiger partial charge in [0.25, 0.3) is 0 Å². The Morgan fingerprint density at radius 1 is 1.05 bits per heavy atom. The Balaban J connectivity index is 1.72. The van der Waals surface area contributed by atoms with Crippen LogP contribution < -0.4 is 9.62 Å². The van der Waals surface area contributed by atoms with Crippen LogP contribution in [0.15, 0.2) is 42.5 Å². The fourth-order valence-electron chi connectivity index (χ4n) is 4.65. The van der Waals surface area contributed by atoms with Crippen molar-refractivity contribution in [2.24, 2.45) is 0 Å². The first kappa shape index (κ1) is 28.6. The van der Waals surface area contributed by atoms with Gasteiger partial charge >= 0.3 is 0 Å². The molecule has 37 heavy (non-hydrogen) atoms. The summed E-state index contributed by atoms with van der Waals surface area (Å²) in [5.74, 6) is -0.844. The molecule has 0 aromatic heterocycles. The van der Waals surface area contributed by atoms with Gasteiger partial charge in [-0.2, -0.15) is 0 Å². The average Bonchev–Trinajstić information content (AvgIpc) is 3.35. The summed E-state index contributed by atoms with van der Waals surface area (Å²) in [4.78, 5) is 27.9. The molecule has 1 aliphatic carbocycles. The molecule has 2 amide bonds. The number of hydrogen-bond donors (Lipinski definition) is 1. The van der Waals surface area contributed by atoms with E-state index in [1.165, 1.54) is 21.3 Å². The van der Waals surface area contributed by atoms with Gasteiger partial charge in [-0.15, -0.1) is 0 Å². The summed E-state index contributed by atoms with van der Waals surface area (Å²) < 4.78 is 39.8. The molecule has 0 spiro atoms. The topological polar surface area (TPSA) is 86.8 Å². The molecule has 2 aromatic carbocycles. The maximum Gasteiger partial charge on any atom is 0.242 e. The summed E-state index contributed by atoms with van der Waals surface area (Å²) in [5, 5.41) is 3.05. The van der Waals surface area contributed by atoms with Crippen molar-refractivity contribution in [3.05, 3.63) is 65.0 Å². The van der Waals surface area contributed by atoms with E-state index >= 15 is 0 Å². The average molecular weight is 532 g/mol. The first-order chi connectivity index (χ1) is 17.5. The van der Waals surface area contributed by atoms with Crippen LogP contribution in [0.1, 0.15) is 62.1 Å². The molecular formula is C28H38FN3O4S. The van der Waals surface area contributed by atoms with E-state index in [1.807, 2.05) is 26.0 Å². The summed E-state index contributed by atoms with van der Waals surface area (Å²) in [6.45, 7) is 5.88. The van der Waals surface area contributed by atoms with E-state index in [0.29, 0.717) is 11.3 Å². The van der Waals surface area contributed by atoms with Crippen LogP contribution in [0.4, 0.5) is 10.1 Å². The van der Waals surface area contributed by atoms with Crippen LogP contribution in [0.3, 0.4) is 0 Å². The molecule has 2 aromatic rings. The number of nitrogens with zero attached hydrogens (tertiary/aromatic N) is 2. The van der Waals surface area contributed by atoms with Crippen molar-refractivity contribution < 1.29 is 22.4 Å². The molecule has 0 unspecified atom stereocenters. The summed E-state index contributed by atoms with van der Waals surface area (Å²) in [7, 11) is -3.55. The number of benzene rings is 2. The highest BCUT2D eigenvalue weighted by Gasteiger charge is 2.28. The second-order valence-corrected chi connectivity index (χ2v) is 11.9. The quantitative estimate of drug-likeness (QED) is 0.464. The van der Waals surface area contributed by atoms with Crippen molar-refractivity contribution in [3.8, 4) is 0 Å². The minimum Gasteiger partial charge on any atom is -0.352 e. The predicted molar refractivity (Wildman–Crippen MR) is 144 cm³/mol. The SMILES string of the molecule is Cc1ccc(N(CCCC(=O)N(Cc2ccc(F)cc2)[C@H](C)C(=O)NC2CCCC2)S(C)(=O)=O)cc1C. The molecular weight excluding hydrogens is 493 g/mol.